The smallest absolute Gasteiger partial charge is 0.240 e. The maximum atomic E-state index is 12.3. The Morgan fingerprint density at radius 3 is 2.68 bits per heavy atom. The minimum atomic E-state index is -0.745. The van der Waals surface area contributed by atoms with Gasteiger partial charge < -0.3 is 10.2 Å². The van der Waals surface area contributed by atoms with Gasteiger partial charge in [0.25, 0.3) is 0 Å². The Kier molecular flexibility index (Phi) is 4.81. The number of carbonyl (C=O) groups excluding carboxylic acids is 1. The van der Waals surface area contributed by atoms with E-state index in [0.29, 0.717) is 12.6 Å². The van der Waals surface area contributed by atoms with Gasteiger partial charge in [-0.15, -0.1) is 0 Å². The van der Waals surface area contributed by atoms with Gasteiger partial charge in [0, 0.05) is 12.6 Å². The summed E-state index contributed by atoms with van der Waals surface area (Å²) in [5.41, 5.74) is -0.745. The number of nitrogens with zero attached hydrogens (tertiary/aromatic N) is 2. The molecule has 0 aromatic rings. The number of likely N-dealkylation sites (tertiary alicyclic amines) is 1. The van der Waals surface area contributed by atoms with Crippen LogP contribution in [0.1, 0.15) is 51.4 Å². The number of hydrogen-bond donors (Lipinski definition) is 1. The van der Waals surface area contributed by atoms with Gasteiger partial charge in [0.2, 0.25) is 5.91 Å². The minimum Gasteiger partial charge on any atom is -0.353 e. The lowest BCUT2D eigenvalue weighted by Crippen LogP contribution is -2.48. The summed E-state index contributed by atoms with van der Waals surface area (Å²) in [4.78, 5) is 14.7. The maximum absolute atomic E-state index is 12.3. The quantitative estimate of drug-likeness (QED) is 0.848. The van der Waals surface area contributed by atoms with Crippen LogP contribution in [0, 0.1) is 16.7 Å². The molecule has 2 aliphatic rings. The van der Waals surface area contributed by atoms with Crippen LogP contribution in [0.4, 0.5) is 0 Å². The van der Waals surface area contributed by atoms with E-state index in [0.717, 1.165) is 45.1 Å². The van der Waals surface area contributed by atoms with E-state index in [2.05, 4.69) is 23.3 Å². The lowest BCUT2D eigenvalue weighted by Gasteiger charge is -2.34. The molecule has 1 N–H and O–H groups in total. The van der Waals surface area contributed by atoms with Crippen molar-refractivity contribution in [2.45, 2.75) is 57.4 Å². The summed E-state index contributed by atoms with van der Waals surface area (Å²) in [6.07, 6.45) is 8.27. The van der Waals surface area contributed by atoms with Crippen molar-refractivity contribution in [2.24, 2.45) is 5.41 Å². The summed E-state index contributed by atoms with van der Waals surface area (Å²) in [5.74, 6) is -0.0336. The van der Waals surface area contributed by atoms with Crippen molar-refractivity contribution in [3.8, 4) is 6.07 Å². The second-order valence-electron chi connectivity index (χ2n) is 6.09. The van der Waals surface area contributed by atoms with Crippen LogP contribution in [0.5, 0.6) is 0 Å². The second-order valence-corrected chi connectivity index (χ2v) is 6.09. The molecular formula is C15H25N3O. The highest BCUT2D eigenvalue weighted by Gasteiger charge is 2.39. The first-order valence-corrected chi connectivity index (χ1v) is 7.58. The first-order valence-electron chi connectivity index (χ1n) is 7.58. The largest absolute Gasteiger partial charge is 0.353 e. The summed E-state index contributed by atoms with van der Waals surface area (Å²) >= 11 is 0. The Balaban J connectivity index is 1.87. The first kappa shape index (κ1) is 14.3. The summed E-state index contributed by atoms with van der Waals surface area (Å²) in [6, 6.07) is 2.73. The van der Waals surface area contributed by atoms with Crippen LogP contribution in [-0.4, -0.2) is 37.0 Å². The normalized spacial score (nSPS) is 27.5. The Morgan fingerprint density at radius 1 is 1.32 bits per heavy atom. The zero-order valence-electron chi connectivity index (χ0n) is 12.0. The first-order chi connectivity index (χ1) is 9.18. The predicted octanol–water partition coefficient (Wildman–Crippen LogP) is 2.06. The summed E-state index contributed by atoms with van der Waals surface area (Å²) in [6.45, 7) is 1.81. The van der Waals surface area contributed by atoms with Crippen molar-refractivity contribution in [2.75, 3.05) is 20.1 Å². The predicted molar refractivity (Wildman–Crippen MR) is 74.4 cm³/mol. The molecule has 1 atom stereocenters. The van der Waals surface area contributed by atoms with Gasteiger partial charge >= 0.3 is 0 Å². The van der Waals surface area contributed by atoms with E-state index in [1.54, 1.807) is 0 Å². The molecule has 1 saturated carbocycles. The van der Waals surface area contributed by atoms with E-state index < -0.39 is 5.41 Å². The van der Waals surface area contributed by atoms with Crippen LogP contribution < -0.4 is 5.32 Å². The molecule has 4 heteroatoms. The maximum Gasteiger partial charge on any atom is 0.240 e. The van der Waals surface area contributed by atoms with Crippen LogP contribution in [0.3, 0.4) is 0 Å². The molecule has 1 saturated heterocycles. The van der Waals surface area contributed by atoms with Crippen LogP contribution in [0.15, 0.2) is 0 Å². The fourth-order valence-corrected chi connectivity index (χ4v) is 3.33. The molecule has 1 amide bonds. The van der Waals surface area contributed by atoms with Gasteiger partial charge in [0.15, 0.2) is 0 Å². The summed E-state index contributed by atoms with van der Waals surface area (Å²) < 4.78 is 0. The van der Waals surface area contributed by atoms with Crippen LogP contribution in [0.25, 0.3) is 0 Å². The zero-order chi connectivity index (χ0) is 13.7. The molecule has 1 aliphatic carbocycles. The molecule has 1 unspecified atom stereocenters. The number of hydrogen-bond acceptors (Lipinski definition) is 3. The summed E-state index contributed by atoms with van der Waals surface area (Å²) in [7, 11) is 2.12. The third kappa shape index (κ3) is 3.27. The SMILES string of the molecule is CN1CCCCC1CNC(=O)C1(C#N)CCCCC1. The highest BCUT2D eigenvalue weighted by molar-refractivity contribution is 5.85. The lowest BCUT2D eigenvalue weighted by atomic mass is 9.74. The number of nitriles is 1. The lowest BCUT2D eigenvalue weighted by molar-refractivity contribution is -0.129. The molecule has 0 aromatic carbocycles. The van der Waals surface area contributed by atoms with Gasteiger partial charge in [0.05, 0.1) is 6.07 Å². The molecule has 1 aliphatic heterocycles. The molecule has 2 rings (SSSR count). The number of carbonyl (C=O) groups is 1. The molecule has 0 aromatic heterocycles. The molecule has 1 heterocycles. The number of rotatable bonds is 3. The number of piperidine rings is 1. The van der Waals surface area contributed by atoms with Crippen molar-refractivity contribution in [3.63, 3.8) is 0 Å². The molecule has 4 nitrogen and oxygen atoms in total. The molecule has 0 radical (unpaired) electrons. The van der Waals surface area contributed by atoms with Crippen LogP contribution >= 0.6 is 0 Å². The van der Waals surface area contributed by atoms with Gasteiger partial charge in [-0.1, -0.05) is 25.7 Å². The van der Waals surface area contributed by atoms with Crippen molar-refractivity contribution < 1.29 is 4.79 Å². The Hall–Kier alpha value is -1.08. The molecular weight excluding hydrogens is 238 g/mol. The third-order valence-corrected chi connectivity index (χ3v) is 4.78. The van der Waals surface area contributed by atoms with Crippen LogP contribution in [0.2, 0.25) is 0 Å². The molecule has 0 spiro atoms. The molecule has 2 fully saturated rings. The van der Waals surface area contributed by atoms with Crippen molar-refractivity contribution >= 4 is 5.91 Å². The molecule has 106 valence electrons. The van der Waals surface area contributed by atoms with E-state index in [9.17, 15) is 10.1 Å². The zero-order valence-corrected chi connectivity index (χ0v) is 12.0. The number of amides is 1. The Morgan fingerprint density at radius 2 is 2.05 bits per heavy atom. The van der Waals surface area contributed by atoms with Gasteiger partial charge in [-0.05, 0) is 39.3 Å². The average Bonchev–Trinajstić information content (AvgIpc) is 2.46. The Bertz CT molecular complexity index is 355. The molecule has 0 bridgehead atoms. The highest BCUT2D eigenvalue weighted by Crippen LogP contribution is 2.35. The monoisotopic (exact) mass is 263 g/mol. The van der Waals surface area contributed by atoms with Crippen molar-refractivity contribution in [1.82, 2.24) is 10.2 Å². The van der Waals surface area contributed by atoms with Crippen molar-refractivity contribution in [1.29, 1.82) is 5.26 Å². The number of nitrogens with one attached hydrogen (secondary N) is 1. The highest BCUT2D eigenvalue weighted by atomic mass is 16.2. The standard InChI is InChI=1S/C15H25N3O/c1-18-10-6-3-7-13(18)11-17-14(19)15(12-16)8-4-2-5-9-15/h13H,2-11H2,1H3,(H,17,19). The van der Waals surface area contributed by atoms with Gasteiger partial charge in [-0.2, -0.15) is 5.26 Å². The van der Waals surface area contributed by atoms with E-state index >= 15 is 0 Å². The summed E-state index contributed by atoms with van der Waals surface area (Å²) in [5, 5.41) is 12.4. The van der Waals surface area contributed by atoms with Crippen molar-refractivity contribution in [3.05, 3.63) is 0 Å². The van der Waals surface area contributed by atoms with Gasteiger partial charge in [0.1, 0.15) is 5.41 Å². The van der Waals surface area contributed by atoms with E-state index in [1.807, 2.05) is 0 Å². The van der Waals surface area contributed by atoms with E-state index in [4.69, 9.17) is 0 Å². The van der Waals surface area contributed by atoms with Gasteiger partial charge in [-0.25, -0.2) is 0 Å². The fourth-order valence-electron chi connectivity index (χ4n) is 3.33. The minimum absolute atomic E-state index is 0.0336. The topological polar surface area (TPSA) is 56.1 Å². The molecule has 19 heavy (non-hydrogen) atoms. The van der Waals surface area contributed by atoms with E-state index in [-0.39, 0.29) is 5.91 Å². The fraction of sp³-hybridized carbons (Fsp3) is 0.867. The number of likely N-dealkylation sites (N-methyl/N-ethyl adjacent to an activating group) is 1. The van der Waals surface area contributed by atoms with E-state index in [1.165, 1.54) is 12.8 Å². The van der Waals surface area contributed by atoms with Crippen LogP contribution in [-0.2, 0) is 4.79 Å². The third-order valence-electron chi connectivity index (χ3n) is 4.78. The second kappa shape index (κ2) is 6.38. The van der Waals surface area contributed by atoms with Gasteiger partial charge in [-0.3, -0.25) is 4.79 Å². The average molecular weight is 263 g/mol. The Labute approximate surface area is 116 Å².